The van der Waals surface area contributed by atoms with Gasteiger partial charge < -0.3 is 15.3 Å². The third kappa shape index (κ3) is 4.69. The molecule has 3 heterocycles. The number of anilines is 1. The van der Waals surface area contributed by atoms with Crippen LogP contribution in [0, 0.1) is 5.92 Å². The van der Waals surface area contributed by atoms with Crippen LogP contribution < -0.4 is 10.2 Å². The molecule has 29 heavy (non-hydrogen) atoms. The summed E-state index contributed by atoms with van der Waals surface area (Å²) in [7, 11) is 0. The third-order valence-corrected chi connectivity index (χ3v) is 6.40. The molecule has 6 heteroatoms. The predicted molar refractivity (Wildman–Crippen MR) is 115 cm³/mol. The van der Waals surface area contributed by atoms with Gasteiger partial charge in [-0.1, -0.05) is 0 Å². The van der Waals surface area contributed by atoms with E-state index in [0.29, 0.717) is 17.5 Å². The molecule has 2 aromatic heterocycles. The minimum Gasteiger partial charge on any atom is -0.390 e. The van der Waals surface area contributed by atoms with Gasteiger partial charge in [0.15, 0.2) is 0 Å². The van der Waals surface area contributed by atoms with E-state index in [2.05, 4.69) is 27.1 Å². The Morgan fingerprint density at radius 1 is 1.17 bits per heavy atom. The Hall–Kier alpha value is -2.21. The van der Waals surface area contributed by atoms with Crippen molar-refractivity contribution in [2.75, 3.05) is 11.4 Å². The van der Waals surface area contributed by atoms with Gasteiger partial charge >= 0.3 is 0 Å². The lowest BCUT2D eigenvalue weighted by molar-refractivity contribution is 0.0433. The fraction of sp³-hybridized carbons (Fsp3) is 0.609. The van der Waals surface area contributed by atoms with Crippen LogP contribution >= 0.6 is 0 Å². The van der Waals surface area contributed by atoms with Crippen LogP contribution in [0.5, 0.6) is 0 Å². The van der Waals surface area contributed by atoms with Crippen LogP contribution in [-0.4, -0.2) is 45.2 Å². The number of aliphatic hydroxyl groups is 1. The SMILES string of the molecule is C[C@H]1CCN1c1cc2ncc(C(=O)NC3CCC(CC(C)(C)O)CC3)cc2cn1. The highest BCUT2D eigenvalue weighted by molar-refractivity contribution is 5.97. The van der Waals surface area contributed by atoms with Crippen LogP contribution in [0.1, 0.15) is 69.7 Å². The molecule has 2 aliphatic rings. The summed E-state index contributed by atoms with van der Waals surface area (Å²) in [4.78, 5) is 24.1. The maximum Gasteiger partial charge on any atom is 0.253 e. The third-order valence-electron chi connectivity index (χ3n) is 6.40. The summed E-state index contributed by atoms with van der Waals surface area (Å²) < 4.78 is 0. The molecule has 1 atom stereocenters. The number of hydrogen-bond acceptors (Lipinski definition) is 5. The first kappa shape index (κ1) is 20.1. The summed E-state index contributed by atoms with van der Waals surface area (Å²) in [5.74, 6) is 1.44. The summed E-state index contributed by atoms with van der Waals surface area (Å²) in [6.07, 6.45) is 9.54. The highest BCUT2D eigenvalue weighted by Crippen LogP contribution is 2.31. The van der Waals surface area contributed by atoms with Gasteiger partial charge in [-0.15, -0.1) is 0 Å². The molecule has 1 saturated heterocycles. The summed E-state index contributed by atoms with van der Waals surface area (Å²) >= 11 is 0. The van der Waals surface area contributed by atoms with Crippen LogP contribution in [0.25, 0.3) is 10.9 Å². The number of hydrogen-bond donors (Lipinski definition) is 2. The second-order valence-corrected chi connectivity index (χ2v) is 9.50. The van der Waals surface area contributed by atoms with Crippen LogP contribution in [0.15, 0.2) is 24.5 Å². The number of nitrogens with zero attached hydrogens (tertiary/aromatic N) is 3. The normalized spacial score (nSPS) is 25.0. The minimum absolute atomic E-state index is 0.0641. The van der Waals surface area contributed by atoms with Gasteiger partial charge in [0, 0.05) is 42.5 Å². The molecule has 4 rings (SSSR count). The lowest BCUT2D eigenvalue weighted by Crippen LogP contribution is -2.46. The largest absolute Gasteiger partial charge is 0.390 e. The molecule has 1 aliphatic carbocycles. The number of fused-ring (bicyclic) bond motifs is 1. The topological polar surface area (TPSA) is 78.4 Å². The van der Waals surface area contributed by atoms with Crippen LogP contribution in [0.3, 0.4) is 0 Å². The van der Waals surface area contributed by atoms with Gasteiger partial charge in [0.25, 0.3) is 5.91 Å². The zero-order chi connectivity index (χ0) is 20.6. The Balaban J connectivity index is 1.37. The summed E-state index contributed by atoms with van der Waals surface area (Å²) in [5, 5.41) is 14.1. The summed E-state index contributed by atoms with van der Waals surface area (Å²) in [5.41, 5.74) is 0.847. The smallest absolute Gasteiger partial charge is 0.253 e. The molecule has 1 aliphatic heterocycles. The van der Waals surface area contributed by atoms with Crippen molar-refractivity contribution >= 4 is 22.6 Å². The summed E-state index contributed by atoms with van der Waals surface area (Å²) in [6.45, 7) is 6.98. The molecule has 0 bridgehead atoms. The number of nitrogens with one attached hydrogen (secondary N) is 1. The fourth-order valence-electron chi connectivity index (χ4n) is 4.64. The van der Waals surface area contributed by atoms with Crippen molar-refractivity contribution in [3.05, 3.63) is 30.1 Å². The van der Waals surface area contributed by atoms with Gasteiger partial charge in [0.1, 0.15) is 5.82 Å². The number of rotatable bonds is 5. The van der Waals surface area contributed by atoms with Crippen LogP contribution in [0.4, 0.5) is 5.82 Å². The molecule has 0 unspecified atom stereocenters. The summed E-state index contributed by atoms with van der Waals surface area (Å²) in [6, 6.07) is 4.62. The molecule has 1 amide bonds. The first-order valence-electron chi connectivity index (χ1n) is 10.8. The average molecular weight is 397 g/mol. The minimum atomic E-state index is -0.612. The number of pyridine rings is 2. The van der Waals surface area contributed by atoms with E-state index in [9.17, 15) is 9.90 Å². The molecule has 2 aromatic rings. The maximum absolute atomic E-state index is 12.7. The molecule has 6 nitrogen and oxygen atoms in total. The monoisotopic (exact) mass is 396 g/mol. The van der Waals surface area contributed by atoms with Crippen molar-refractivity contribution < 1.29 is 9.90 Å². The Kier molecular flexibility index (Phi) is 5.47. The fourth-order valence-corrected chi connectivity index (χ4v) is 4.64. The quantitative estimate of drug-likeness (QED) is 0.806. The Morgan fingerprint density at radius 2 is 1.93 bits per heavy atom. The molecule has 1 saturated carbocycles. The lowest BCUT2D eigenvalue weighted by atomic mass is 9.80. The molecule has 0 radical (unpaired) electrons. The molecule has 0 aromatic carbocycles. The standard InChI is InChI=1S/C23H32N4O2/c1-15-8-9-27(15)21-11-20-17(13-25-21)10-18(14-24-20)22(28)26-19-6-4-16(5-7-19)12-23(2,3)29/h10-11,13-16,19,29H,4-9,12H2,1-3H3,(H,26,28)/t15-,16?,19?/m0/s1. The maximum atomic E-state index is 12.7. The van der Waals surface area contributed by atoms with Crippen molar-refractivity contribution in [1.29, 1.82) is 0 Å². The lowest BCUT2D eigenvalue weighted by Gasteiger charge is -2.39. The second-order valence-electron chi connectivity index (χ2n) is 9.50. The van der Waals surface area contributed by atoms with E-state index < -0.39 is 5.60 Å². The Bertz CT molecular complexity index is 884. The highest BCUT2D eigenvalue weighted by atomic mass is 16.3. The van der Waals surface area contributed by atoms with Gasteiger partial charge in [-0.3, -0.25) is 9.78 Å². The van der Waals surface area contributed by atoms with Crippen molar-refractivity contribution in [2.24, 2.45) is 5.92 Å². The predicted octanol–water partition coefficient (Wildman–Crippen LogP) is 3.68. The van der Waals surface area contributed by atoms with E-state index in [1.54, 1.807) is 6.20 Å². The number of amides is 1. The van der Waals surface area contributed by atoms with Crippen molar-refractivity contribution in [1.82, 2.24) is 15.3 Å². The van der Waals surface area contributed by atoms with E-state index in [1.165, 1.54) is 6.42 Å². The van der Waals surface area contributed by atoms with Gasteiger partial charge in [0.05, 0.1) is 16.7 Å². The number of carbonyl (C=O) groups excluding carboxylic acids is 1. The van der Waals surface area contributed by atoms with E-state index in [0.717, 1.165) is 55.4 Å². The Labute approximate surface area is 172 Å². The van der Waals surface area contributed by atoms with E-state index in [1.807, 2.05) is 32.2 Å². The molecule has 2 fully saturated rings. The molecular weight excluding hydrogens is 364 g/mol. The second kappa shape index (κ2) is 7.90. The van der Waals surface area contributed by atoms with Crippen molar-refractivity contribution in [3.63, 3.8) is 0 Å². The van der Waals surface area contributed by atoms with Crippen molar-refractivity contribution in [3.8, 4) is 0 Å². The molecule has 156 valence electrons. The van der Waals surface area contributed by atoms with Gasteiger partial charge in [-0.2, -0.15) is 0 Å². The Morgan fingerprint density at radius 3 is 2.55 bits per heavy atom. The number of carbonyl (C=O) groups is 1. The first-order valence-corrected chi connectivity index (χ1v) is 10.8. The van der Waals surface area contributed by atoms with Crippen LogP contribution in [0.2, 0.25) is 0 Å². The van der Waals surface area contributed by atoms with Gasteiger partial charge in [-0.25, -0.2) is 4.98 Å². The van der Waals surface area contributed by atoms with Gasteiger partial charge in [0.2, 0.25) is 0 Å². The highest BCUT2D eigenvalue weighted by Gasteiger charge is 2.27. The first-order chi connectivity index (χ1) is 13.8. The molecular formula is C23H32N4O2. The van der Waals surface area contributed by atoms with Crippen LogP contribution in [-0.2, 0) is 0 Å². The zero-order valence-electron chi connectivity index (χ0n) is 17.7. The van der Waals surface area contributed by atoms with Gasteiger partial charge in [-0.05, 0) is 71.3 Å². The number of aromatic nitrogens is 2. The molecule has 0 spiro atoms. The zero-order valence-corrected chi connectivity index (χ0v) is 17.7. The van der Waals surface area contributed by atoms with E-state index in [-0.39, 0.29) is 11.9 Å². The van der Waals surface area contributed by atoms with E-state index >= 15 is 0 Å². The van der Waals surface area contributed by atoms with Crippen molar-refractivity contribution in [2.45, 2.75) is 77.0 Å². The van der Waals surface area contributed by atoms with E-state index in [4.69, 9.17) is 0 Å². The molecule has 2 N–H and O–H groups in total. The average Bonchev–Trinajstić information content (AvgIpc) is 2.66.